The number of H-pyrrole nitrogens is 1. The molecule has 2 saturated heterocycles. The standard InChI is InChI=1S/C56H83N17O21S3/c1-21-33(70-46(73-44(21)59)25(13-31(58)76)65-14-24(57)45(60)82)49(85)71-34(40(26-15-62-20-66-26)92-54-42(38(80)36(78)29(16-74)91-54)93-53-39(81)41(94-55(61)88)37(79)30(17-75)90-53)50(86)67-23(3)35(77)22(2)47(83)72-43(56(89)8-9-56)51(87)64-11-7-32-68-28(19-95-32)52-69-27(18-96-52)48(84)63-10-6-12-97(4)5/h15,18-20,22-25,29-30,34-43,53-54,65,74-75,77-81,89H,6-14,16-17,57H2,1-5H3,(H13-,58,59,60,61,62,63,64,66,67,70,71,72,73,76,82,83,84,85,86,87,88)/p+1. The SMILES string of the molecule is Cc1c(N)nc(C(CC(N)=O)NCC(N)C(N)=O)nc1C(=O)NC(C(=O)NC(C)C(O)C(C)C(=O)NC(C(=O)NCCc1nc(-c2nc(C(=O)NCCC[S+](C)C)cs2)cs1)C1(O)CC1)C(OC1OC(CO)C(O)C(O)C1OC1OC(CO)C(O)C(OC(N)=O)C1O)c1cnc[nH]1. The number of carbonyl (C=O) groups is 8. The number of carbonyl (C=O) groups excluding carboxylic acids is 8. The number of nitrogens with zero attached hydrogens (tertiary/aromatic N) is 5. The third kappa shape index (κ3) is 20.0. The molecule has 0 radical (unpaired) electrons. The van der Waals surface area contributed by atoms with Crippen molar-refractivity contribution < 1.29 is 103 Å². The molecule has 97 heavy (non-hydrogen) atoms. The Balaban J connectivity index is 1.14. The maximum Gasteiger partial charge on any atom is 0.404 e. The first-order valence-electron chi connectivity index (χ1n) is 30.4. The van der Waals surface area contributed by atoms with Crippen LogP contribution >= 0.6 is 22.7 Å². The Labute approximate surface area is 564 Å². The van der Waals surface area contributed by atoms with E-state index in [1.807, 2.05) is 0 Å². The van der Waals surface area contributed by atoms with Crippen LogP contribution in [0.1, 0.15) is 94.7 Å². The van der Waals surface area contributed by atoms with Gasteiger partial charge in [0.15, 0.2) is 18.7 Å². The van der Waals surface area contributed by atoms with E-state index in [0.29, 0.717) is 22.3 Å². The fraction of sp³-hybridized carbons (Fsp3) is 0.625. The second-order valence-corrected chi connectivity index (χ2v) is 27.8. The van der Waals surface area contributed by atoms with Crippen molar-refractivity contribution in [2.75, 3.05) is 56.8 Å². The lowest BCUT2D eigenvalue weighted by atomic mass is 9.96. The summed E-state index contributed by atoms with van der Waals surface area (Å²) in [5.41, 5.74) is 26.5. The predicted octanol–water partition coefficient (Wildman–Crippen LogP) is -7.56. The van der Waals surface area contributed by atoms with Crippen LogP contribution < -0.4 is 60.6 Å². The van der Waals surface area contributed by atoms with Gasteiger partial charge >= 0.3 is 6.09 Å². The molecule has 3 aliphatic rings. The lowest BCUT2D eigenvalue weighted by molar-refractivity contribution is -0.372. The van der Waals surface area contributed by atoms with Crippen molar-refractivity contribution in [2.24, 2.45) is 28.9 Å². The minimum absolute atomic E-state index is 0.0122. The number of hydrogen-bond acceptors (Lipinski definition) is 31. The molecular weight excluding hydrogens is 1340 g/mol. The van der Waals surface area contributed by atoms with E-state index in [1.165, 1.54) is 43.4 Å². The van der Waals surface area contributed by atoms with Crippen molar-refractivity contribution in [1.29, 1.82) is 0 Å². The highest BCUT2D eigenvalue weighted by molar-refractivity contribution is 7.95. The van der Waals surface area contributed by atoms with E-state index in [9.17, 15) is 74.4 Å². The number of primary amides is 3. The fourth-order valence-corrected chi connectivity index (χ4v) is 12.6. The molecule has 2 aliphatic heterocycles. The highest BCUT2D eigenvalue weighted by atomic mass is 32.2. The first-order chi connectivity index (χ1) is 45.9. The summed E-state index contributed by atoms with van der Waals surface area (Å²) in [6.45, 7) is 2.00. The van der Waals surface area contributed by atoms with Gasteiger partial charge in [-0.15, -0.1) is 22.7 Å². The molecule has 41 heteroatoms. The molecule has 7 rings (SSSR count). The Bertz CT molecular complexity index is 3370. The molecule has 0 bridgehead atoms. The summed E-state index contributed by atoms with van der Waals surface area (Å²) in [5, 5.41) is 109. The molecule has 25 N–H and O–H groups in total. The van der Waals surface area contributed by atoms with Crippen LogP contribution in [0.4, 0.5) is 10.6 Å². The second kappa shape index (κ2) is 34.5. The molecule has 18 unspecified atom stereocenters. The first kappa shape index (κ1) is 77.1. The van der Waals surface area contributed by atoms with Crippen LogP contribution in [0.5, 0.6) is 0 Å². The highest BCUT2D eigenvalue weighted by Crippen LogP contribution is 2.39. The smallest absolute Gasteiger partial charge is 0.404 e. The molecule has 3 fully saturated rings. The quantitative estimate of drug-likeness (QED) is 0.0150. The number of aromatic nitrogens is 6. The molecule has 6 heterocycles. The molecule has 0 spiro atoms. The number of thiazole rings is 2. The lowest BCUT2D eigenvalue weighted by Gasteiger charge is -2.47. The number of nitrogens with one attached hydrogen (secondary N) is 7. The van der Waals surface area contributed by atoms with Gasteiger partial charge in [0.2, 0.25) is 29.5 Å². The van der Waals surface area contributed by atoms with E-state index in [-0.39, 0.29) is 77.7 Å². The average molecular weight is 1430 g/mol. The zero-order valence-corrected chi connectivity index (χ0v) is 55.7. The summed E-state index contributed by atoms with van der Waals surface area (Å²) in [6.07, 6.45) is -18.2. The number of nitrogens with two attached hydrogens (primary N) is 5. The van der Waals surface area contributed by atoms with Crippen LogP contribution in [0.2, 0.25) is 0 Å². The molecule has 1 saturated carbocycles. The molecule has 8 amide bonds. The van der Waals surface area contributed by atoms with E-state index >= 15 is 4.79 Å². The topological polar surface area (TPSA) is 627 Å². The molecule has 1 aliphatic carbocycles. The third-order valence-corrected chi connectivity index (χ3v) is 18.9. The fourth-order valence-electron chi connectivity index (χ4n) is 10.2. The van der Waals surface area contributed by atoms with E-state index in [4.69, 9.17) is 52.4 Å². The van der Waals surface area contributed by atoms with Crippen LogP contribution in [0.25, 0.3) is 10.7 Å². The summed E-state index contributed by atoms with van der Waals surface area (Å²) in [7, 11) is 0.255. The number of rotatable bonds is 35. The minimum atomic E-state index is -2.20. The molecule has 4 aromatic heterocycles. The van der Waals surface area contributed by atoms with Gasteiger partial charge in [-0.25, -0.2) is 29.7 Å². The number of amides is 8. The van der Waals surface area contributed by atoms with Gasteiger partial charge in [-0.2, -0.15) is 0 Å². The van der Waals surface area contributed by atoms with Gasteiger partial charge in [0, 0.05) is 55.2 Å². The molecule has 536 valence electrons. The van der Waals surface area contributed by atoms with Crippen molar-refractivity contribution >= 4 is 86.8 Å². The number of aromatic amines is 1. The summed E-state index contributed by atoms with van der Waals surface area (Å²) in [5.74, 6) is -7.57. The van der Waals surface area contributed by atoms with Gasteiger partial charge in [0.1, 0.15) is 100 Å². The third-order valence-electron chi connectivity index (χ3n) is 16.1. The summed E-state index contributed by atoms with van der Waals surface area (Å²) in [4.78, 5) is 131. The second-order valence-electron chi connectivity index (χ2n) is 23.6. The predicted molar refractivity (Wildman–Crippen MR) is 341 cm³/mol. The van der Waals surface area contributed by atoms with Crippen molar-refractivity contribution in [3.05, 3.63) is 56.8 Å². The number of aliphatic hydroxyl groups is 8. The maximum atomic E-state index is 15.2. The Kier molecular flexibility index (Phi) is 27.4. The van der Waals surface area contributed by atoms with Gasteiger partial charge in [-0.05, 0) is 37.6 Å². The number of anilines is 1. The summed E-state index contributed by atoms with van der Waals surface area (Å²) >= 11 is 2.54. The number of ether oxygens (including phenoxy) is 5. The van der Waals surface area contributed by atoms with Crippen molar-refractivity contribution in [1.82, 2.24) is 61.8 Å². The van der Waals surface area contributed by atoms with Crippen molar-refractivity contribution in [3.63, 3.8) is 0 Å². The Morgan fingerprint density at radius 1 is 0.825 bits per heavy atom. The Morgan fingerprint density at radius 2 is 1.52 bits per heavy atom. The summed E-state index contributed by atoms with van der Waals surface area (Å²) in [6, 6.07) is -7.78. The molecular formula is C56H84N17O21S3+. The van der Waals surface area contributed by atoms with E-state index in [1.54, 1.807) is 10.8 Å². The monoisotopic (exact) mass is 1430 g/mol. The maximum absolute atomic E-state index is 15.2. The largest absolute Gasteiger partial charge is 0.441 e. The molecule has 4 aromatic rings. The van der Waals surface area contributed by atoms with Crippen LogP contribution in [0.3, 0.4) is 0 Å². The van der Waals surface area contributed by atoms with Gasteiger partial charge < -0.3 is 130 Å². The molecule has 0 aromatic carbocycles. The van der Waals surface area contributed by atoms with Gasteiger partial charge in [0.05, 0.1) is 84.7 Å². The number of aliphatic hydroxyl groups excluding tert-OH is 7. The van der Waals surface area contributed by atoms with E-state index < -0.39 is 182 Å². The van der Waals surface area contributed by atoms with E-state index in [2.05, 4.69) is 74.3 Å². The highest BCUT2D eigenvalue weighted by Gasteiger charge is 2.55. The normalized spacial score (nSPS) is 24.6. The van der Waals surface area contributed by atoms with Gasteiger partial charge in [0.25, 0.3) is 11.8 Å². The van der Waals surface area contributed by atoms with Crippen molar-refractivity contribution in [2.45, 2.75) is 162 Å². The van der Waals surface area contributed by atoms with Crippen LogP contribution in [-0.4, -0.2) is 267 Å². The zero-order valence-electron chi connectivity index (χ0n) is 53.2. The average Bonchev–Trinajstić information content (AvgIpc) is 1.74. The first-order valence-corrected chi connectivity index (χ1v) is 34.4. The minimum Gasteiger partial charge on any atom is -0.441 e. The number of imidazole rings is 1. The van der Waals surface area contributed by atoms with Gasteiger partial charge in [-0.1, -0.05) is 6.92 Å². The summed E-state index contributed by atoms with van der Waals surface area (Å²) < 4.78 is 28.8. The van der Waals surface area contributed by atoms with Crippen molar-refractivity contribution in [3.8, 4) is 10.7 Å². The van der Waals surface area contributed by atoms with Gasteiger partial charge in [-0.3, -0.25) is 33.6 Å². The molecule has 18 atom stereocenters. The lowest BCUT2D eigenvalue weighted by Crippen LogP contribution is -2.65. The van der Waals surface area contributed by atoms with Crippen LogP contribution in [-0.2, 0) is 65.0 Å². The Hall–Kier alpha value is -7.30. The molecule has 38 nitrogen and oxygen atoms in total. The van der Waals surface area contributed by atoms with Crippen LogP contribution in [0, 0.1) is 12.8 Å². The number of hydrogen-bond donors (Lipinski definition) is 20. The number of nitrogen functional groups attached to an aromatic ring is 1. The zero-order chi connectivity index (χ0) is 71.3. The Morgan fingerprint density at radius 3 is 2.14 bits per heavy atom. The van der Waals surface area contributed by atoms with E-state index in [0.717, 1.165) is 24.7 Å². The van der Waals surface area contributed by atoms with Crippen LogP contribution in [0.15, 0.2) is 23.3 Å².